The van der Waals surface area contributed by atoms with E-state index in [1.165, 1.54) is 18.9 Å². The van der Waals surface area contributed by atoms with E-state index >= 15 is 0 Å². The number of benzene rings is 1. The molecule has 4 amide bonds. The van der Waals surface area contributed by atoms with E-state index in [-0.39, 0.29) is 47.3 Å². The largest absolute Gasteiger partial charge is 0.418 e. The molecule has 9 nitrogen and oxygen atoms in total. The lowest BCUT2D eigenvalue weighted by Crippen LogP contribution is -2.51. The molecule has 0 aliphatic carbocycles. The molecule has 14 heteroatoms. The number of likely N-dealkylation sites (tertiary alicyclic amines) is 3. The molecule has 5 heterocycles. The van der Waals surface area contributed by atoms with Crippen LogP contribution in [0, 0.1) is 5.92 Å². The summed E-state index contributed by atoms with van der Waals surface area (Å²) in [6.07, 6.45) is 0.349. The Labute approximate surface area is 275 Å². The third kappa shape index (κ3) is 7.11. The lowest BCUT2D eigenvalue weighted by molar-refractivity contribution is -0.143. The van der Waals surface area contributed by atoms with Gasteiger partial charge in [-0.15, -0.1) is 11.3 Å². The van der Waals surface area contributed by atoms with Crippen molar-refractivity contribution in [2.75, 3.05) is 50.3 Å². The fraction of sp³-hybridized carbons (Fsp3) is 0.594. The van der Waals surface area contributed by atoms with Crippen molar-refractivity contribution in [3.8, 4) is 0 Å². The highest BCUT2D eigenvalue weighted by molar-refractivity contribution is 7.08. The van der Waals surface area contributed by atoms with Crippen molar-refractivity contribution in [1.29, 1.82) is 0 Å². The molecule has 3 N–H and O–H groups in total. The monoisotopic (exact) mass is 680 g/mol. The Balaban J connectivity index is 1.13. The first-order chi connectivity index (χ1) is 22.0. The van der Waals surface area contributed by atoms with Crippen LogP contribution in [-0.4, -0.2) is 88.8 Å². The first-order valence-corrected chi connectivity index (χ1v) is 17.4. The molecule has 2 aromatic rings. The highest BCUT2D eigenvalue weighted by Gasteiger charge is 2.38. The van der Waals surface area contributed by atoms with E-state index in [1.807, 2.05) is 15.7 Å². The second kappa shape index (κ2) is 13.6. The summed E-state index contributed by atoms with van der Waals surface area (Å²) in [4.78, 5) is 48.2. The second-order valence-corrected chi connectivity index (χ2v) is 14.1. The van der Waals surface area contributed by atoms with Crippen LogP contribution in [-0.2, 0) is 28.7 Å². The number of urea groups is 1. The quantitative estimate of drug-likeness (QED) is 0.367. The van der Waals surface area contributed by atoms with Crippen LogP contribution in [0.2, 0.25) is 5.02 Å². The van der Waals surface area contributed by atoms with Crippen molar-refractivity contribution in [2.45, 2.75) is 76.2 Å². The summed E-state index contributed by atoms with van der Waals surface area (Å²) < 4.78 is 41.3. The van der Waals surface area contributed by atoms with Gasteiger partial charge in [0.15, 0.2) is 0 Å². The van der Waals surface area contributed by atoms with Gasteiger partial charge in [-0.05, 0) is 81.1 Å². The molecule has 1 atom stereocenters. The first kappa shape index (κ1) is 32.9. The molecule has 0 radical (unpaired) electrons. The summed E-state index contributed by atoms with van der Waals surface area (Å²) in [7, 11) is 0. The van der Waals surface area contributed by atoms with Gasteiger partial charge in [0.2, 0.25) is 11.8 Å². The smallest absolute Gasteiger partial charge is 0.397 e. The van der Waals surface area contributed by atoms with Crippen LogP contribution in [0.1, 0.15) is 61.6 Å². The number of hydrogen-bond donors (Lipinski definition) is 2. The lowest BCUT2D eigenvalue weighted by Gasteiger charge is -2.40. The average Bonchev–Trinajstić information content (AvgIpc) is 3.74. The maximum Gasteiger partial charge on any atom is 0.418 e. The fourth-order valence-corrected chi connectivity index (χ4v) is 8.46. The zero-order valence-corrected chi connectivity index (χ0v) is 27.2. The van der Waals surface area contributed by atoms with Gasteiger partial charge in [0.05, 0.1) is 34.4 Å². The third-order valence-corrected chi connectivity index (χ3v) is 11.1. The zero-order chi connectivity index (χ0) is 32.6. The number of halogens is 4. The number of nitrogens with two attached hydrogens (primary N) is 1. The van der Waals surface area contributed by atoms with Gasteiger partial charge in [-0.2, -0.15) is 13.2 Å². The molecule has 3 saturated heterocycles. The van der Waals surface area contributed by atoms with Crippen molar-refractivity contribution in [2.24, 2.45) is 5.92 Å². The van der Waals surface area contributed by atoms with Gasteiger partial charge in [0.25, 0.3) is 0 Å². The van der Waals surface area contributed by atoms with Crippen molar-refractivity contribution >= 4 is 52.2 Å². The molecule has 0 spiro atoms. The van der Waals surface area contributed by atoms with Crippen LogP contribution >= 0.6 is 22.9 Å². The Morgan fingerprint density at radius 2 is 1.63 bits per heavy atom. The maximum atomic E-state index is 14.0. The maximum absolute atomic E-state index is 14.0. The van der Waals surface area contributed by atoms with Gasteiger partial charge >= 0.3 is 12.2 Å². The Morgan fingerprint density at radius 1 is 0.978 bits per heavy atom. The predicted octanol–water partition coefficient (Wildman–Crippen LogP) is 5.68. The molecular formula is C32H40ClF3N6O3S. The Hall–Kier alpha value is -3.03. The molecule has 1 aromatic heterocycles. The summed E-state index contributed by atoms with van der Waals surface area (Å²) >= 11 is 7.66. The molecule has 1 aromatic carbocycles. The van der Waals surface area contributed by atoms with Crippen molar-refractivity contribution in [3.63, 3.8) is 0 Å². The Bertz CT molecular complexity index is 1450. The number of rotatable bonds is 7. The van der Waals surface area contributed by atoms with Gasteiger partial charge in [-0.3, -0.25) is 9.59 Å². The second-order valence-electron chi connectivity index (χ2n) is 12.9. The van der Waals surface area contributed by atoms with Crippen LogP contribution < -0.4 is 11.1 Å². The molecule has 6 rings (SSSR count). The van der Waals surface area contributed by atoms with E-state index in [4.69, 9.17) is 17.3 Å². The topological polar surface area (TPSA) is 102 Å². The highest BCUT2D eigenvalue weighted by Crippen LogP contribution is 2.39. The predicted molar refractivity (Wildman–Crippen MR) is 172 cm³/mol. The van der Waals surface area contributed by atoms with E-state index in [2.05, 4.69) is 10.2 Å². The van der Waals surface area contributed by atoms with Crippen molar-refractivity contribution < 1.29 is 27.6 Å². The van der Waals surface area contributed by atoms with Gasteiger partial charge in [-0.25, -0.2) is 4.79 Å². The Kier molecular flexibility index (Phi) is 9.73. The SMILES string of the molecule is Nc1c(Cl)cc(C[C@@H](CC(=O)N2CCC(N3Cc4cscc4NC3=O)CC2)C(=O)N2CCC(N3CCCC3)CC2)cc1C(F)(F)F. The van der Waals surface area contributed by atoms with Crippen LogP contribution in [0.15, 0.2) is 22.9 Å². The highest BCUT2D eigenvalue weighted by atomic mass is 35.5. The number of nitrogens with one attached hydrogen (secondary N) is 1. The van der Waals surface area contributed by atoms with Crippen molar-refractivity contribution in [3.05, 3.63) is 44.6 Å². The number of nitrogen functional groups attached to an aromatic ring is 1. The molecule has 3 fully saturated rings. The molecule has 250 valence electrons. The Morgan fingerprint density at radius 3 is 2.30 bits per heavy atom. The molecule has 4 aliphatic heterocycles. The number of nitrogens with zero attached hydrogens (tertiary/aromatic N) is 4. The van der Waals surface area contributed by atoms with Crippen LogP contribution in [0.5, 0.6) is 0 Å². The van der Waals surface area contributed by atoms with E-state index in [0.29, 0.717) is 51.6 Å². The van der Waals surface area contributed by atoms with Gasteiger partial charge < -0.3 is 30.7 Å². The number of amides is 4. The first-order valence-electron chi connectivity index (χ1n) is 16.1. The minimum absolute atomic E-state index is 0.0239. The zero-order valence-electron chi connectivity index (χ0n) is 25.7. The third-order valence-electron chi connectivity index (χ3n) is 10.0. The number of fused-ring (bicyclic) bond motifs is 1. The van der Waals surface area contributed by atoms with Gasteiger partial charge in [0, 0.05) is 55.6 Å². The van der Waals surface area contributed by atoms with Gasteiger partial charge in [0.1, 0.15) is 0 Å². The molecule has 4 aliphatic rings. The average molecular weight is 681 g/mol. The standard InChI is InChI=1S/C32H40ClF3N6O3S/c33-26-15-20(14-25(29(26)37)32(34,35)36)13-21(30(44)41-11-3-23(4-12-41)39-7-1-2-8-39)16-28(43)40-9-5-24(6-10-40)42-17-22-18-46-19-27(22)38-31(42)45/h14-15,18-19,21,23-24H,1-13,16-17,37H2,(H,38,45)/t21-/m0/s1. The number of piperidine rings is 2. The summed E-state index contributed by atoms with van der Waals surface area (Å²) in [5.41, 5.74) is 6.20. The number of carbonyl (C=O) groups excluding carboxylic acids is 3. The fourth-order valence-electron chi connectivity index (χ4n) is 7.43. The molecule has 0 unspecified atom stereocenters. The van der Waals surface area contributed by atoms with E-state index < -0.39 is 23.3 Å². The van der Waals surface area contributed by atoms with E-state index in [0.717, 1.165) is 43.2 Å². The molecule has 0 saturated carbocycles. The van der Waals surface area contributed by atoms with E-state index in [1.54, 1.807) is 21.1 Å². The van der Waals surface area contributed by atoms with Crippen LogP contribution in [0.3, 0.4) is 0 Å². The lowest BCUT2D eigenvalue weighted by atomic mass is 9.91. The van der Waals surface area contributed by atoms with Crippen molar-refractivity contribution in [1.82, 2.24) is 19.6 Å². The number of alkyl halides is 3. The summed E-state index contributed by atoms with van der Waals surface area (Å²) in [5.74, 6) is -1.29. The van der Waals surface area contributed by atoms with Crippen LogP contribution in [0.25, 0.3) is 0 Å². The number of anilines is 2. The van der Waals surface area contributed by atoms with Crippen LogP contribution in [0.4, 0.5) is 29.3 Å². The molecule has 46 heavy (non-hydrogen) atoms. The number of thiophene rings is 1. The summed E-state index contributed by atoms with van der Waals surface area (Å²) in [5, 5.41) is 6.65. The van der Waals surface area contributed by atoms with Gasteiger partial charge in [-0.1, -0.05) is 11.6 Å². The molecule has 0 bridgehead atoms. The normalized spacial score (nSPS) is 21.0. The minimum Gasteiger partial charge on any atom is -0.397 e. The minimum atomic E-state index is -4.71. The molecular weight excluding hydrogens is 641 g/mol. The summed E-state index contributed by atoms with van der Waals surface area (Å²) in [6, 6.07) is 2.57. The number of hydrogen-bond acceptors (Lipinski definition) is 6. The number of carbonyl (C=O) groups is 3. The summed E-state index contributed by atoms with van der Waals surface area (Å²) in [6.45, 7) is 4.63. The van der Waals surface area contributed by atoms with E-state index in [9.17, 15) is 27.6 Å².